The first-order chi connectivity index (χ1) is 16.1. The van der Waals surface area contributed by atoms with E-state index in [1.807, 2.05) is 46.3 Å². The van der Waals surface area contributed by atoms with Gasteiger partial charge in [-0.2, -0.15) is 5.10 Å². The average molecular weight is 478 g/mol. The van der Waals surface area contributed by atoms with E-state index in [0.29, 0.717) is 6.42 Å². The minimum Gasteiger partial charge on any atom is -0.467 e. The number of aromatic nitrogens is 3. The quantitative estimate of drug-likeness (QED) is 0.333. The molecular weight excluding hydrogens is 454 g/mol. The molecule has 4 heterocycles. The van der Waals surface area contributed by atoms with E-state index in [-0.39, 0.29) is 17.7 Å². The molecule has 1 aromatic carbocycles. The summed E-state index contributed by atoms with van der Waals surface area (Å²) in [5.74, 6) is 1.68. The molecule has 7 nitrogen and oxygen atoms in total. The van der Waals surface area contributed by atoms with Crippen LogP contribution in [0, 0.1) is 6.92 Å². The lowest BCUT2D eigenvalue weighted by molar-refractivity contribution is -0.130. The molecule has 0 N–H and O–H groups in total. The second kappa shape index (κ2) is 9.36. The smallest absolute Gasteiger partial charge is 0.253 e. The standard InChI is InChI=1S/C24H23N5O2S2/c1-3-28-23(21-7-5-13-32-21)25-26-24(28)33-15-22(30)29-19(20-6-4-12-31-20)14-18(27-29)17-10-8-16(2)9-11-17/h4-13,19H,3,14-15H2,1-2H3/t19-/m1/s1. The summed E-state index contributed by atoms with van der Waals surface area (Å²) in [5.41, 5.74) is 3.09. The predicted octanol–water partition coefficient (Wildman–Crippen LogP) is 5.40. The van der Waals surface area contributed by atoms with E-state index in [9.17, 15) is 4.79 Å². The molecule has 33 heavy (non-hydrogen) atoms. The first-order valence-electron chi connectivity index (χ1n) is 10.7. The van der Waals surface area contributed by atoms with Crippen LogP contribution < -0.4 is 0 Å². The maximum absolute atomic E-state index is 13.3. The molecular formula is C24H23N5O2S2. The van der Waals surface area contributed by atoms with Crippen molar-refractivity contribution < 1.29 is 9.21 Å². The monoisotopic (exact) mass is 477 g/mol. The van der Waals surface area contributed by atoms with Crippen molar-refractivity contribution >= 4 is 34.7 Å². The van der Waals surface area contributed by atoms with Crippen molar-refractivity contribution in [3.8, 4) is 10.7 Å². The lowest BCUT2D eigenvalue weighted by Crippen LogP contribution is -2.28. The van der Waals surface area contributed by atoms with Gasteiger partial charge in [-0.05, 0) is 43.0 Å². The molecule has 0 unspecified atom stereocenters. The van der Waals surface area contributed by atoms with Crippen molar-refractivity contribution in [2.75, 3.05) is 5.75 Å². The summed E-state index contributed by atoms with van der Waals surface area (Å²) >= 11 is 3.01. The van der Waals surface area contributed by atoms with Crippen LogP contribution in [-0.4, -0.2) is 37.1 Å². The van der Waals surface area contributed by atoms with Crippen LogP contribution in [0.1, 0.15) is 36.3 Å². The lowest BCUT2D eigenvalue weighted by atomic mass is 10.0. The summed E-state index contributed by atoms with van der Waals surface area (Å²) in [6, 6.07) is 15.7. The fraction of sp³-hybridized carbons (Fsp3) is 0.250. The number of benzene rings is 1. The number of aryl methyl sites for hydroxylation is 1. The van der Waals surface area contributed by atoms with Gasteiger partial charge >= 0.3 is 0 Å². The van der Waals surface area contributed by atoms with Crippen LogP contribution in [0.25, 0.3) is 10.7 Å². The van der Waals surface area contributed by atoms with Gasteiger partial charge < -0.3 is 8.98 Å². The number of hydrogen-bond acceptors (Lipinski definition) is 7. The van der Waals surface area contributed by atoms with E-state index in [4.69, 9.17) is 9.52 Å². The topological polar surface area (TPSA) is 76.5 Å². The minimum atomic E-state index is -0.255. The highest BCUT2D eigenvalue weighted by Gasteiger charge is 2.35. The second-order valence-electron chi connectivity index (χ2n) is 7.70. The molecule has 0 spiro atoms. The highest BCUT2D eigenvalue weighted by Crippen LogP contribution is 2.34. The number of hydrogen-bond donors (Lipinski definition) is 0. The Bertz CT molecular complexity index is 1260. The van der Waals surface area contributed by atoms with Gasteiger partial charge in [0.2, 0.25) is 0 Å². The van der Waals surface area contributed by atoms with Crippen LogP contribution in [0.3, 0.4) is 0 Å². The molecule has 3 aromatic heterocycles. The van der Waals surface area contributed by atoms with E-state index in [2.05, 4.69) is 36.2 Å². The van der Waals surface area contributed by atoms with Gasteiger partial charge in [0.1, 0.15) is 11.8 Å². The highest BCUT2D eigenvalue weighted by atomic mass is 32.2. The third-order valence-corrected chi connectivity index (χ3v) is 7.34. The summed E-state index contributed by atoms with van der Waals surface area (Å²) < 4.78 is 7.69. The molecule has 1 aliphatic heterocycles. The molecule has 0 fully saturated rings. The molecule has 9 heteroatoms. The van der Waals surface area contributed by atoms with Crippen molar-refractivity contribution in [1.82, 2.24) is 19.8 Å². The number of furan rings is 1. The summed E-state index contributed by atoms with van der Waals surface area (Å²) in [7, 11) is 0. The Labute approximate surface area is 200 Å². The van der Waals surface area contributed by atoms with Crippen LogP contribution in [-0.2, 0) is 11.3 Å². The number of rotatable bonds is 7. The van der Waals surface area contributed by atoms with Gasteiger partial charge in [0.05, 0.1) is 22.6 Å². The van der Waals surface area contributed by atoms with Gasteiger partial charge in [-0.3, -0.25) is 4.79 Å². The molecule has 0 saturated carbocycles. The molecule has 5 rings (SSSR count). The van der Waals surface area contributed by atoms with E-state index in [1.54, 1.807) is 22.6 Å². The number of thioether (sulfide) groups is 1. The summed E-state index contributed by atoms with van der Waals surface area (Å²) in [4.78, 5) is 14.4. The normalized spacial score (nSPS) is 15.8. The van der Waals surface area contributed by atoms with Crippen LogP contribution in [0.4, 0.5) is 0 Å². The van der Waals surface area contributed by atoms with Gasteiger partial charge in [0, 0.05) is 13.0 Å². The summed E-state index contributed by atoms with van der Waals surface area (Å²) in [5, 5.41) is 17.7. The second-order valence-corrected chi connectivity index (χ2v) is 9.59. The van der Waals surface area contributed by atoms with E-state index in [0.717, 1.165) is 39.4 Å². The lowest BCUT2D eigenvalue weighted by Gasteiger charge is -2.19. The summed E-state index contributed by atoms with van der Waals surface area (Å²) in [6.45, 7) is 4.83. The van der Waals surface area contributed by atoms with Crippen LogP contribution in [0.15, 0.2) is 74.8 Å². The van der Waals surface area contributed by atoms with E-state index < -0.39 is 0 Å². The fourth-order valence-electron chi connectivity index (χ4n) is 3.82. The first-order valence-corrected chi connectivity index (χ1v) is 12.6. The first kappa shape index (κ1) is 21.7. The Kier molecular flexibility index (Phi) is 6.15. The van der Waals surface area contributed by atoms with Crippen LogP contribution in [0.5, 0.6) is 0 Å². The van der Waals surface area contributed by atoms with Crippen LogP contribution >= 0.6 is 23.1 Å². The van der Waals surface area contributed by atoms with Gasteiger partial charge in [-0.1, -0.05) is 47.7 Å². The van der Waals surface area contributed by atoms with Crippen molar-refractivity contribution in [2.24, 2.45) is 5.10 Å². The number of carbonyl (C=O) groups excluding carboxylic acids is 1. The maximum atomic E-state index is 13.3. The minimum absolute atomic E-state index is 0.0909. The third kappa shape index (κ3) is 4.38. The highest BCUT2D eigenvalue weighted by molar-refractivity contribution is 7.99. The Balaban J connectivity index is 1.36. The maximum Gasteiger partial charge on any atom is 0.253 e. The number of carbonyl (C=O) groups is 1. The van der Waals surface area contributed by atoms with Gasteiger partial charge in [-0.25, -0.2) is 5.01 Å². The Hall–Kier alpha value is -3.17. The Morgan fingerprint density at radius 1 is 1.18 bits per heavy atom. The molecule has 0 radical (unpaired) electrons. The van der Waals surface area contributed by atoms with Crippen molar-refractivity contribution in [1.29, 1.82) is 0 Å². The molecule has 0 bridgehead atoms. The molecule has 1 aliphatic rings. The molecule has 168 valence electrons. The largest absolute Gasteiger partial charge is 0.467 e. The number of hydrazone groups is 1. The number of nitrogens with zero attached hydrogens (tertiary/aromatic N) is 5. The summed E-state index contributed by atoms with van der Waals surface area (Å²) in [6.07, 6.45) is 2.24. The van der Waals surface area contributed by atoms with E-state index >= 15 is 0 Å². The zero-order valence-electron chi connectivity index (χ0n) is 18.3. The molecule has 0 saturated heterocycles. The van der Waals surface area contributed by atoms with Crippen molar-refractivity contribution in [3.05, 3.63) is 77.1 Å². The molecule has 4 aromatic rings. The SMILES string of the molecule is CCn1c(SCC(=O)N2N=C(c3ccc(C)cc3)C[C@@H]2c2ccco2)nnc1-c1cccs1. The zero-order chi connectivity index (χ0) is 22.8. The molecule has 1 atom stereocenters. The molecule has 1 amide bonds. The Morgan fingerprint density at radius 3 is 2.73 bits per heavy atom. The predicted molar refractivity (Wildman–Crippen MR) is 130 cm³/mol. The van der Waals surface area contributed by atoms with Gasteiger partial charge in [-0.15, -0.1) is 21.5 Å². The average Bonchev–Trinajstić information content (AvgIpc) is 3.62. The fourth-order valence-corrected chi connectivity index (χ4v) is 5.40. The Morgan fingerprint density at radius 2 is 2.03 bits per heavy atom. The molecule has 0 aliphatic carbocycles. The number of amides is 1. The van der Waals surface area contributed by atoms with Crippen molar-refractivity contribution in [3.63, 3.8) is 0 Å². The van der Waals surface area contributed by atoms with Crippen molar-refractivity contribution in [2.45, 2.75) is 38.0 Å². The van der Waals surface area contributed by atoms with Gasteiger partial charge in [0.15, 0.2) is 11.0 Å². The zero-order valence-corrected chi connectivity index (χ0v) is 20.0. The number of thiophene rings is 1. The third-order valence-electron chi connectivity index (χ3n) is 5.52. The van der Waals surface area contributed by atoms with E-state index in [1.165, 1.54) is 17.3 Å². The van der Waals surface area contributed by atoms with Crippen LogP contribution in [0.2, 0.25) is 0 Å². The van der Waals surface area contributed by atoms with Gasteiger partial charge in [0.25, 0.3) is 5.91 Å².